The number of halogens is 1. The fraction of sp³-hybridized carbons (Fsp3) is 0. The average molecular weight is 160 g/mol. The maximum absolute atomic E-state index is 12.5. The molecule has 1 heterocycles. The molecule has 0 aliphatic rings. The van der Waals surface area contributed by atoms with Crippen LogP contribution in [0.4, 0.5) is 4.39 Å². The third-order valence-corrected chi connectivity index (χ3v) is 1.69. The number of rotatable bonds is 1. The second-order valence-corrected chi connectivity index (χ2v) is 2.52. The van der Waals surface area contributed by atoms with Crippen LogP contribution in [0, 0.1) is 11.9 Å². The molecule has 12 heavy (non-hydrogen) atoms. The number of benzene rings is 1. The van der Waals surface area contributed by atoms with E-state index in [-0.39, 0.29) is 5.82 Å². The predicted octanol–water partition coefficient (Wildman–Crippen LogP) is 2.62. The van der Waals surface area contributed by atoms with Crippen molar-refractivity contribution >= 4 is 0 Å². The van der Waals surface area contributed by atoms with Gasteiger partial charge in [0.2, 0.25) is 0 Å². The molecule has 0 aliphatic carbocycles. The number of H-pyrrole nitrogens is 1. The Morgan fingerprint density at radius 1 is 1.17 bits per heavy atom. The highest BCUT2D eigenvalue weighted by atomic mass is 19.1. The molecule has 0 bridgehead atoms. The highest BCUT2D eigenvalue weighted by Crippen LogP contribution is 2.17. The van der Waals surface area contributed by atoms with Gasteiger partial charge in [0, 0.05) is 24.0 Å². The zero-order chi connectivity index (χ0) is 8.39. The van der Waals surface area contributed by atoms with Gasteiger partial charge in [-0.05, 0) is 17.7 Å². The molecule has 2 heteroatoms. The van der Waals surface area contributed by atoms with Gasteiger partial charge < -0.3 is 4.98 Å². The summed E-state index contributed by atoms with van der Waals surface area (Å²) < 4.78 is 12.5. The van der Waals surface area contributed by atoms with E-state index >= 15 is 0 Å². The summed E-state index contributed by atoms with van der Waals surface area (Å²) in [4.78, 5) is 2.89. The fourth-order valence-electron chi connectivity index (χ4n) is 1.08. The molecule has 2 rings (SSSR count). The summed E-state index contributed by atoms with van der Waals surface area (Å²) in [6.45, 7) is 0. The molecule has 0 unspecified atom stereocenters. The molecule has 2 aromatic rings. The van der Waals surface area contributed by atoms with Crippen molar-refractivity contribution in [2.24, 2.45) is 0 Å². The van der Waals surface area contributed by atoms with E-state index < -0.39 is 0 Å². The summed E-state index contributed by atoms with van der Waals surface area (Å²) in [5.74, 6) is -0.214. The second-order valence-electron chi connectivity index (χ2n) is 2.52. The van der Waals surface area contributed by atoms with Gasteiger partial charge in [0.25, 0.3) is 0 Å². The monoisotopic (exact) mass is 160 g/mol. The van der Waals surface area contributed by atoms with Crippen molar-refractivity contribution < 1.29 is 4.39 Å². The Bertz CT molecular complexity index is 348. The first-order chi connectivity index (χ1) is 5.86. The van der Waals surface area contributed by atoms with Crippen molar-refractivity contribution in [1.29, 1.82) is 0 Å². The minimum Gasteiger partial charge on any atom is -0.366 e. The minimum absolute atomic E-state index is 0.214. The zero-order valence-electron chi connectivity index (χ0n) is 6.34. The van der Waals surface area contributed by atoms with E-state index in [2.05, 4.69) is 11.1 Å². The molecule has 0 aliphatic heterocycles. The lowest BCUT2D eigenvalue weighted by atomic mass is 10.1. The number of aromatic nitrogens is 1. The maximum atomic E-state index is 12.5. The second kappa shape index (κ2) is 2.81. The molecule has 0 atom stereocenters. The normalized spacial score (nSPS) is 10.1. The molecular formula is C10H7FN. The SMILES string of the molecule is Fc1ccc(-c2[c]c[nH]c2)cc1. The van der Waals surface area contributed by atoms with Gasteiger partial charge >= 0.3 is 0 Å². The predicted molar refractivity (Wildman–Crippen MR) is 45.0 cm³/mol. The molecule has 59 valence electrons. The van der Waals surface area contributed by atoms with Crippen LogP contribution in [0.15, 0.2) is 36.7 Å². The summed E-state index contributed by atoms with van der Waals surface area (Å²) in [6, 6.07) is 9.34. The Morgan fingerprint density at radius 3 is 2.50 bits per heavy atom. The molecule has 1 aromatic carbocycles. The lowest BCUT2D eigenvalue weighted by molar-refractivity contribution is 0.628. The highest BCUT2D eigenvalue weighted by Gasteiger charge is 1.96. The maximum Gasteiger partial charge on any atom is 0.123 e. The van der Waals surface area contributed by atoms with E-state index in [1.54, 1.807) is 18.3 Å². The lowest BCUT2D eigenvalue weighted by Crippen LogP contribution is -1.75. The summed E-state index contributed by atoms with van der Waals surface area (Å²) in [5.41, 5.74) is 1.92. The molecule has 1 nitrogen and oxygen atoms in total. The van der Waals surface area contributed by atoms with Crippen LogP contribution < -0.4 is 0 Å². The number of hydrogen-bond donors (Lipinski definition) is 1. The van der Waals surface area contributed by atoms with Crippen LogP contribution in [-0.2, 0) is 0 Å². The van der Waals surface area contributed by atoms with Crippen LogP contribution in [0.5, 0.6) is 0 Å². The van der Waals surface area contributed by atoms with E-state index in [1.165, 1.54) is 12.1 Å². The first-order valence-corrected chi connectivity index (χ1v) is 3.67. The Morgan fingerprint density at radius 2 is 1.92 bits per heavy atom. The van der Waals surface area contributed by atoms with Crippen molar-refractivity contribution in [2.45, 2.75) is 0 Å². The Labute approximate surface area is 69.9 Å². The van der Waals surface area contributed by atoms with Crippen molar-refractivity contribution in [1.82, 2.24) is 4.98 Å². The van der Waals surface area contributed by atoms with Gasteiger partial charge in [0.15, 0.2) is 0 Å². The molecule has 0 fully saturated rings. The lowest BCUT2D eigenvalue weighted by Gasteiger charge is -1.94. The summed E-state index contributed by atoms with van der Waals surface area (Å²) in [7, 11) is 0. The Hall–Kier alpha value is -1.57. The largest absolute Gasteiger partial charge is 0.366 e. The van der Waals surface area contributed by atoms with Crippen LogP contribution in [0.3, 0.4) is 0 Å². The summed E-state index contributed by atoms with van der Waals surface area (Å²) >= 11 is 0. The van der Waals surface area contributed by atoms with Crippen molar-refractivity contribution in [3.05, 3.63) is 48.5 Å². The molecule has 0 saturated carbocycles. The van der Waals surface area contributed by atoms with Crippen molar-refractivity contribution in [3.8, 4) is 11.1 Å². The molecule has 1 N–H and O–H groups in total. The Balaban J connectivity index is 2.43. The smallest absolute Gasteiger partial charge is 0.123 e. The molecule has 0 amide bonds. The van der Waals surface area contributed by atoms with E-state index in [0.29, 0.717) is 0 Å². The van der Waals surface area contributed by atoms with Gasteiger partial charge in [0.1, 0.15) is 5.82 Å². The van der Waals surface area contributed by atoms with Crippen LogP contribution in [0.1, 0.15) is 0 Å². The molecule has 0 saturated heterocycles. The summed E-state index contributed by atoms with van der Waals surface area (Å²) in [6.07, 6.45) is 3.55. The zero-order valence-corrected chi connectivity index (χ0v) is 6.34. The van der Waals surface area contributed by atoms with Gasteiger partial charge in [-0.25, -0.2) is 4.39 Å². The van der Waals surface area contributed by atoms with Gasteiger partial charge in [0.05, 0.1) is 0 Å². The molecule has 0 spiro atoms. The van der Waals surface area contributed by atoms with E-state index in [9.17, 15) is 4.39 Å². The van der Waals surface area contributed by atoms with Gasteiger partial charge in [-0.1, -0.05) is 12.1 Å². The topological polar surface area (TPSA) is 15.8 Å². The molecule has 1 radical (unpaired) electrons. The average Bonchev–Trinajstić information content (AvgIpc) is 2.58. The number of nitrogens with one attached hydrogen (secondary N) is 1. The number of aromatic amines is 1. The van der Waals surface area contributed by atoms with Crippen LogP contribution in [0.25, 0.3) is 11.1 Å². The van der Waals surface area contributed by atoms with Crippen molar-refractivity contribution in [3.63, 3.8) is 0 Å². The first-order valence-electron chi connectivity index (χ1n) is 3.67. The fourth-order valence-corrected chi connectivity index (χ4v) is 1.08. The minimum atomic E-state index is -0.214. The van der Waals surface area contributed by atoms with Crippen LogP contribution in [0.2, 0.25) is 0 Å². The van der Waals surface area contributed by atoms with Crippen LogP contribution in [-0.4, -0.2) is 4.98 Å². The van der Waals surface area contributed by atoms with Crippen molar-refractivity contribution in [2.75, 3.05) is 0 Å². The van der Waals surface area contributed by atoms with E-state index in [4.69, 9.17) is 0 Å². The van der Waals surface area contributed by atoms with Gasteiger partial charge in [-0.15, -0.1) is 0 Å². The Kier molecular flexibility index (Phi) is 1.67. The van der Waals surface area contributed by atoms with Gasteiger partial charge in [-0.3, -0.25) is 0 Å². The highest BCUT2D eigenvalue weighted by molar-refractivity contribution is 5.61. The first kappa shape index (κ1) is 7.10. The third-order valence-electron chi connectivity index (χ3n) is 1.69. The van der Waals surface area contributed by atoms with E-state index in [0.717, 1.165) is 11.1 Å². The molecular weight excluding hydrogens is 153 g/mol. The van der Waals surface area contributed by atoms with Gasteiger partial charge in [-0.2, -0.15) is 0 Å². The quantitative estimate of drug-likeness (QED) is 0.660. The number of hydrogen-bond acceptors (Lipinski definition) is 0. The third kappa shape index (κ3) is 1.23. The van der Waals surface area contributed by atoms with Crippen LogP contribution >= 0.6 is 0 Å². The summed E-state index contributed by atoms with van der Waals surface area (Å²) in [5, 5.41) is 0. The van der Waals surface area contributed by atoms with E-state index in [1.807, 2.05) is 6.20 Å². The standard InChI is InChI=1S/C10H7FN/c11-10-3-1-8(2-4-10)9-5-6-12-7-9/h1-4,6-7,12H. The molecule has 1 aromatic heterocycles.